The van der Waals surface area contributed by atoms with Gasteiger partial charge in [0, 0.05) is 6.42 Å². The van der Waals surface area contributed by atoms with E-state index in [2.05, 4.69) is 86.8 Å². The van der Waals surface area contributed by atoms with Crippen molar-refractivity contribution in [1.29, 1.82) is 0 Å². The van der Waals surface area contributed by atoms with E-state index >= 15 is 0 Å². The van der Waals surface area contributed by atoms with Gasteiger partial charge in [-0.15, -0.1) is 0 Å². The minimum atomic E-state index is -0.799. The number of unbranched alkanes of at least 4 members (excludes halogenated alkanes) is 26. The lowest BCUT2D eigenvalue weighted by atomic mass is 10.0. The van der Waals surface area contributed by atoms with E-state index in [0.29, 0.717) is 19.3 Å². The number of nitrogens with one attached hydrogen (secondary N) is 1. The Labute approximate surface area is 371 Å². The van der Waals surface area contributed by atoms with Gasteiger partial charge < -0.3 is 20.3 Å². The Hall–Kier alpha value is -2.44. The molecule has 0 rings (SSSR count). The number of hydrogen-bond donors (Lipinski definition) is 3. The molecular weight excluding hydrogens is 743 g/mol. The van der Waals surface area contributed by atoms with Crippen LogP contribution >= 0.6 is 0 Å². The van der Waals surface area contributed by atoms with Crippen LogP contribution in [0.5, 0.6) is 0 Å². The van der Waals surface area contributed by atoms with Crippen molar-refractivity contribution in [3.63, 3.8) is 0 Å². The van der Waals surface area contributed by atoms with E-state index in [1.165, 1.54) is 103 Å². The first kappa shape index (κ1) is 57.6. The molecule has 0 spiro atoms. The Bertz CT molecular complexity index is 1080. The molecule has 0 heterocycles. The van der Waals surface area contributed by atoms with Gasteiger partial charge in [0.15, 0.2) is 0 Å². The van der Waals surface area contributed by atoms with Gasteiger partial charge in [-0.25, -0.2) is 0 Å². The minimum Gasteiger partial charge on any atom is -0.462 e. The van der Waals surface area contributed by atoms with Gasteiger partial charge in [0.2, 0.25) is 5.91 Å². The Morgan fingerprint density at radius 2 is 0.900 bits per heavy atom. The molecule has 0 aromatic rings. The van der Waals surface area contributed by atoms with Crippen molar-refractivity contribution in [3.05, 3.63) is 60.8 Å². The molecule has 0 fully saturated rings. The van der Waals surface area contributed by atoms with E-state index < -0.39 is 18.2 Å². The maximum Gasteiger partial charge on any atom is 0.306 e. The molecule has 1 amide bonds. The fraction of sp³-hybridized carbons (Fsp3) is 0.778. The van der Waals surface area contributed by atoms with Crippen LogP contribution in [0.4, 0.5) is 0 Å². The average molecular weight is 840 g/mol. The zero-order valence-electron chi connectivity index (χ0n) is 39.6. The SMILES string of the molecule is CC/C=C/C=C/C=C/CCCCCCCC(CC(=O)NC(CO)C(O)CCCCCCCCCCCCCC)OC(=O)CCCCC/C=C/C=C/CCCCCCCCC. The Morgan fingerprint density at radius 1 is 0.500 bits per heavy atom. The van der Waals surface area contributed by atoms with Crippen molar-refractivity contribution in [2.24, 2.45) is 0 Å². The van der Waals surface area contributed by atoms with Gasteiger partial charge in [-0.05, 0) is 70.6 Å². The lowest BCUT2D eigenvalue weighted by Gasteiger charge is -2.24. The fourth-order valence-corrected chi connectivity index (χ4v) is 7.54. The number of aliphatic hydroxyl groups excluding tert-OH is 2. The highest BCUT2D eigenvalue weighted by molar-refractivity contribution is 5.77. The van der Waals surface area contributed by atoms with E-state index in [9.17, 15) is 19.8 Å². The normalized spacial score (nSPS) is 13.8. The van der Waals surface area contributed by atoms with Crippen molar-refractivity contribution in [3.8, 4) is 0 Å². The second-order valence-electron chi connectivity index (χ2n) is 17.3. The highest BCUT2D eigenvalue weighted by Crippen LogP contribution is 2.17. The van der Waals surface area contributed by atoms with E-state index in [4.69, 9.17) is 4.74 Å². The van der Waals surface area contributed by atoms with Crippen LogP contribution < -0.4 is 5.32 Å². The van der Waals surface area contributed by atoms with Crippen LogP contribution in [0.2, 0.25) is 0 Å². The van der Waals surface area contributed by atoms with Crippen LogP contribution in [0, 0.1) is 0 Å². The highest BCUT2D eigenvalue weighted by atomic mass is 16.5. The third-order valence-corrected chi connectivity index (χ3v) is 11.4. The molecule has 0 aliphatic heterocycles. The lowest BCUT2D eigenvalue weighted by Crippen LogP contribution is -2.46. The first-order valence-corrected chi connectivity index (χ1v) is 25.6. The standard InChI is InChI=1S/C54H97NO5/c1-4-7-10-13-16-19-22-25-26-27-29-32-35-38-41-44-47-54(59)60-50(45-42-39-36-33-30-28-23-20-17-14-11-8-5-2)48-53(58)55-51(49-56)52(57)46-43-40-37-34-31-24-21-18-15-12-9-6-3/h8,11,14,17,20,23,26-27,29,32,50-52,56-57H,4-7,9-10,12-13,15-16,18-19,21-22,24-25,28,30-31,33-49H2,1-3H3,(H,55,58)/b11-8+,17-14+,23-20+,27-26+,32-29+. The summed E-state index contributed by atoms with van der Waals surface area (Å²) in [7, 11) is 0. The summed E-state index contributed by atoms with van der Waals surface area (Å²) in [5, 5.41) is 23.7. The average Bonchev–Trinajstić information content (AvgIpc) is 3.24. The predicted molar refractivity (Wildman–Crippen MR) is 259 cm³/mol. The number of rotatable bonds is 45. The molecule has 0 aromatic carbocycles. The van der Waals surface area contributed by atoms with Crippen molar-refractivity contribution >= 4 is 11.9 Å². The van der Waals surface area contributed by atoms with Gasteiger partial charge in [0.05, 0.1) is 25.2 Å². The van der Waals surface area contributed by atoms with Crippen molar-refractivity contribution in [2.45, 2.75) is 264 Å². The van der Waals surface area contributed by atoms with E-state index in [-0.39, 0.29) is 24.9 Å². The number of allylic oxidation sites excluding steroid dienone is 10. The lowest BCUT2D eigenvalue weighted by molar-refractivity contribution is -0.151. The summed E-state index contributed by atoms with van der Waals surface area (Å²) < 4.78 is 5.91. The maximum absolute atomic E-state index is 13.2. The van der Waals surface area contributed by atoms with Gasteiger partial charge in [-0.2, -0.15) is 0 Å². The Morgan fingerprint density at radius 3 is 1.37 bits per heavy atom. The first-order chi connectivity index (χ1) is 29.5. The van der Waals surface area contributed by atoms with Gasteiger partial charge in [-0.3, -0.25) is 9.59 Å². The molecule has 3 unspecified atom stereocenters. The second kappa shape index (κ2) is 47.6. The van der Waals surface area contributed by atoms with Gasteiger partial charge in [0.25, 0.3) is 0 Å². The van der Waals surface area contributed by atoms with Gasteiger partial charge in [0.1, 0.15) is 6.10 Å². The zero-order valence-corrected chi connectivity index (χ0v) is 39.6. The number of amides is 1. The molecule has 3 N–H and O–H groups in total. The van der Waals surface area contributed by atoms with E-state index in [1.807, 2.05) is 0 Å². The summed E-state index contributed by atoms with van der Waals surface area (Å²) in [5.74, 6) is -0.525. The number of carbonyl (C=O) groups is 2. The highest BCUT2D eigenvalue weighted by Gasteiger charge is 2.24. The molecule has 0 saturated carbocycles. The number of aliphatic hydroxyl groups is 2. The Balaban J connectivity index is 4.64. The maximum atomic E-state index is 13.2. The third kappa shape index (κ3) is 42.3. The summed E-state index contributed by atoms with van der Waals surface area (Å²) >= 11 is 0. The summed E-state index contributed by atoms with van der Waals surface area (Å²) in [6.07, 6.45) is 58.5. The molecule has 0 aliphatic carbocycles. The predicted octanol–water partition coefficient (Wildman–Crippen LogP) is 15.2. The summed E-state index contributed by atoms with van der Waals surface area (Å²) in [6, 6.07) is -0.714. The van der Waals surface area contributed by atoms with Crippen molar-refractivity contribution in [2.75, 3.05) is 6.61 Å². The molecule has 0 radical (unpaired) electrons. The second-order valence-corrected chi connectivity index (χ2v) is 17.3. The molecule has 0 bridgehead atoms. The molecule has 348 valence electrons. The van der Waals surface area contributed by atoms with Gasteiger partial charge in [-0.1, -0.05) is 223 Å². The Kier molecular flexibility index (Phi) is 45.7. The number of hydrogen-bond acceptors (Lipinski definition) is 5. The minimum absolute atomic E-state index is 0.0522. The third-order valence-electron chi connectivity index (χ3n) is 11.4. The molecule has 0 aromatic heterocycles. The smallest absolute Gasteiger partial charge is 0.306 e. The van der Waals surface area contributed by atoms with Crippen LogP contribution in [0.15, 0.2) is 60.8 Å². The van der Waals surface area contributed by atoms with Crippen molar-refractivity contribution < 1.29 is 24.5 Å². The topological polar surface area (TPSA) is 95.9 Å². The molecule has 0 saturated heterocycles. The summed E-state index contributed by atoms with van der Waals surface area (Å²) in [5.41, 5.74) is 0. The molecule has 6 nitrogen and oxygen atoms in total. The summed E-state index contributed by atoms with van der Waals surface area (Å²) in [6.45, 7) is 6.33. The largest absolute Gasteiger partial charge is 0.462 e. The summed E-state index contributed by atoms with van der Waals surface area (Å²) in [4.78, 5) is 26.1. The monoisotopic (exact) mass is 840 g/mol. The molecule has 60 heavy (non-hydrogen) atoms. The molecule has 3 atom stereocenters. The van der Waals surface area contributed by atoms with Gasteiger partial charge >= 0.3 is 5.97 Å². The van der Waals surface area contributed by atoms with Crippen molar-refractivity contribution in [1.82, 2.24) is 5.32 Å². The molecule has 0 aliphatic rings. The molecule has 6 heteroatoms. The van der Waals surface area contributed by atoms with Crippen LogP contribution in [0.3, 0.4) is 0 Å². The van der Waals surface area contributed by atoms with E-state index in [1.54, 1.807) is 0 Å². The number of esters is 1. The first-order valence-electron chi connectivity index (χ1n) is 25.6. The van der Waals surface area contributed by atoms with Crippen LogP contribution in [-0.2, 0) is 14.3 Å². The van der Waals surface area contributed by atoms with Crippen LogP contribution in [-0.4, -0.2) is 46.9 Å². The number of ether oxygens (including phenoxy) is 1. The van der Waals surface area contributed by atoms with Crippen LogP contribution in [0.25, 0.3) is 0 Å². The zero-order chi connectivity index (χ0) is 43.8. The van der Waals surface area contributed by atoms with Crippen LogP contribution in [0.1, 0.15) is 245 Å². The molecular formula is C54H97NO5. The van der Waals surface area contributed by atoms with E-state index in [0.717, 1.165) is 96.3 Å². The quantitative estimate of drug-likeness (QED) is 0.0322. The number of carbonyl (C=O) groups excluding carboxylic acids is 2. The fourth-order valence-electron chi connectivity index (χ4n) is 7.54.